The number of benzene rings is 8. The number of rotatable bonds is 5. The molecular formula is C61H40N8. The van der Waals surface area contributed by atoms with E-state index in [0.29, 0.717) is 23.1 Å². The Kier molecular flexibility index (Phi) is 7.29. The summed E-state index contributed by atoms with van der Waals surface area (Å²) in [5, 5.41) is 10.8. The standard InChI is InChI=1S/C61H40N8/c1-65-60-58(63-61(65)69-47-26-14-11-23-41(47)42-29-31-51-54(57(42)69)45-25-13-16-28-49(45)67(51)40-21-9-4-10-22-40)62-55(36-17-5-2-6-18-36)59(64-60)68-52-35-38-33-37(38)34-46(52)43-30-32-50-53(56(43)68)44-24-12-15-27-48(44)66(50)39-19-7-3-8-20-39/h2-32,34-35,37-38H,33H2,1H3. The van der Waals surface area contributed by atoms with Crippen molar-refractivity contribution in [3.05, 3.63) is 199 Å². The highest BCUT2D eigenvalue weighted by atomic mass is 15.3. The van der Waals surface area contributed by atoms with Crippen molar-refractivity contribution in [3.8, 4) is 34.4 Å². The van der Waals surface area contributed by atoms with E-state index in [-0.39, 0.29) is 0 Å². The summed E-state index contributed by atoms with van der Waals surface area (Å²) in [7, 11) is 2.10. The van der Waals surface area contributed by atoms with Crippen molar-refractivity contribution < 1.29 is 0 Å². The van der Waals surface area contributed by atoms with Gasteiger partial charge in [-0.15, -0.1) is 0 Å². The maximum absolute atomic E-state index is 5.83. The second-order valence-electron chi connectivity index (χ2n) is 18.9. The first-order chi connectivity index (χ1) is 34.2. The van der Waals surface area contributed by atoms with Crippen LogP contribution in [0.5, 0.6) is 0 Å². The van der Waals surface area contributed by atoms with Crippen molar-refractivity contribution in [2.24, 2.45) is 18.9 Å². The Bertz CT molecular complexity index is 4640. The molecule has 0 aliphatic heterocycles. The van der Waals surface area contributed by atoms with Crippen LogP contribution in [0.4, 0.5) is 0 Å². The van der Waals surface area contributed by atoms with Crippen molar-refractivity contribution in [2.75, 3.05) is 0 Å². The van der Waals surface area contributed by atoms with Crippen molar-refractivity contribution in [3.63, 3.8) is 0 Å². The second kappa shape index (κ2) is 13.6. The highest BCUT2D eigenvalue weighted by Crippen LogP contribution is 2.45. The lowest BCUT2D eigenvalue weighted by Gasteiger charge is -2.13. The molecular weight excluding hydrogens is 845 g/mol. The molecule has 0 spiro atoms. The molecule has 2 aliphatic carbocycles. The van der Waals surface area contributed by atoms with Crippen molar-refractivity contribution in [1.82, 2.24) is 37.8 Å². The third-order valence-electron chi connectivity index (χ3n) is 15.1. The Labute approximate surface area is 394 Å². The van der Waals surface area contributed by atoms with Gasteiger partial charge in [0.05, 0.1) is 44.0 Å². The normalized spacial score (nSPS) is 15.5. The van der Waals surface area contributed by atoms with Crippen LogP contribution in [0.1, 0.15) is 6.42 Å². The number of hydrogen-bond acceptors (Lipinski definition) is 3. The average Bonchev–Trinajstić information content (AvgIpc) is 3.63. The minimum absolute atomic E-state index is 0.502. The largest absolute Gasteiger partial charge is 0.309 e. The first-order valence-corrected chi connectivity index (χ1v) is 23.8. The van der Waals surface area contributed by atoms with Gasteiger partial charge in [0.25, 0.3) is 0 Å². The van der Waals surface area contributed by atoms with Gasteiger partial charge in [-0.1, -0.05) is 146 Å². The molecule has 2 atom stereocenters. The molecule has 2 unspecified atom stereocenters. The molecule has 0 amide bonds. The van der Waals surface area contributed by atoms with Crippen LogP contribution in [-0.4, -0.2) is 37.8 Å². The predicted octanol–water partition coefficient (Wildman–Crippen LogP) is 12.5. The van der Waals surface area contributed by atoms with Gasteiger partial charge in [0.1, 0.15) is 5.69 Å². The number of aryl methyl sites for hydroxylation is 1. The highest BCUT2D eigenvalue weighted by molar-refractivity contribution is 6.26. The van der Waals surface area contributed by atoms with Crippen LogP contribution < -0.4 is 10.6 Å². The summed E-state index contributed by atoms with van der Waals surface area (Å²) >= 11 is 0. The number of imidazole rings is 1. The van der Waals surface area contributed by atoms with Gasteiger partial charge in [-0.3, -0.25) is 13.7 Å². The monoisotopic (exact) mass is 884 g/mol. The topological polar surface area (TPSA) is 63.3 Å². The maximum atomic E-state index is 5.83. The quantitative estimate of drug-likeness (QED) is 0.173. The Hall–Kier alpha value is -9.01. The molecule has 6 heterocycles. The van der Waals surface area contributed by atoms with Gasteiger partial charge in [0.15, 0.2) is 17.1 Å². The van der Waals surface area contributed by atoms with Crippen LogP contribution >= 0.6 is 0 Å². The van der Waals surface area contributed by atoms with Crippen LogP contribution in [0.15, 0.2) is 188 Å². The zero-order valence-electron chi connectivity index (χ0n) is 37.5. The molecule has 1 saturated carbocycles. The predicted molar refractivity (Wildman–Crippen MR) is 281 cm³/mol. The fourth-order valence-electron chi connectivity index (χ4n) is 12.0. The lowest BCUT2D eigenvalue weighted by atomic mass is 10.1. The molecule has 2 aliphatic rings. The van der Waals surface area contributed by atoms with E-state index >= 15 is 0 Å². The van der Waals surface area contributed by atoms with Gasteiger partial charge in [-0.25, -0.2) is 9.97 Å². The van der Waals surface area contributed by atoms with Crippen LogP contribution in [0.2, 0.25) is 0 Å². The second-order valence-corrected chi connectivity index (χ2v) is 18.9. The molecule has 8 aromatic carbocycles. The van der Waals surface area contributed by atoms with Gasteiger partial charge < -0.3 is 9.13 Å². The molecule has 0 N–H and O–H groups in total. The van der Waals surface area contributed by atoms with Crippen molar-refractivity contribution >= 4 is 99.8 Å². The van der Waals surface area contributed by atoms with E-state index in [1.54, 1.807) is 0 Å². The van der Waals surface area contributed by atoms with Gasteiger partial charge >= 0.3 is 0 Å². The van der Waals surface area contributed by atoms with E-state index < -0.39 is 0 Å². The van der Waals surface area contributed by atoms with E-state index in [0.717, 1.165) is 67.5 Å². The van der Waals surface area contributed by atoms with Crippen molar-refractivity contribution in [1.29, 1.82) is 0 Å². The Morgan fingerprint density at radius 3 is 1.58 bits per heavy atom. The first kappa shape index (κ1) is 37.1. The number of fused-ring (bicyclic) bond motifs is 16. The lowest BCUT2D eigenvalue weighted by molar-refractivity contribution is 0.857. The van der Waals surface area contributed by atoms with Gasteiger partial charge in [0, 0.05) is 66.9 Å². The Morgan fingerprint density at radius 2 is 0.942 bits per heavy atom. The molecule has 8 heteroatoms. The fourth-order valence-corrected chi connectivity index (χ4v) is 12.0. The summed E-state index contributed by atoms with van der Waals surface area (Å²) in [5.41, 5.74) is 13.3. The number of para-hydroxylation sites is 5. The fraction of sp³-hybridized carbons (Fsp3) is 0.0656. The van der Waals surface area contributed by atoms with Gasteiger partial charge in [0.2, 0.25) is 5.95 Å². The average molecular weight is 885 g/mol. The summed E-state index contributed by atoms with van der Waals surface area (Å²) in [4.78, 5) is 17.0. The molecule has 16 rings (SSSR count). The molecule has 324 valence electrons. The van der Waals surface area contributed by atoms with E-state index in [9.17, 15) is 0 Å². The third kappa shape index (κ3) is 4.99. The summed E-state index contributed by atoms with van der Waals surface area (Å²) in [5.74, 6) is 2.60. The van der Waals surface area contributed by atoms with Gasteiger partial charge in [-0.2, -0.15) is 4.98 Å². The number of hydrogen-bond donors (Lipinski definition) is 0. The van der Waals surface area contributed by atoms with E-state index in [1.165, 1.54) is 60.2 Å². The van der Waals surface area contributed by atoms with E-state index in [1.807, 2.05) is 0 Å². The highest BCUT2D eigenvalue weighted by Gasteiger charge is 2.37. The van der Waals surface area contributed by atoms with Crippen LogP contribution in [-0.2, 0) is 7.05 Å². The number of nitrogens with zero attached hydrogens (tertiary/aromatic N) is 8. The lowest BCUT2D eigenvalue weighted by Crippen LogP contribution is -2.31. The van der Waals surface area contributed by atoms with Crippen LogP contribution in [0, 0.1) is 11.8 Å². The molecule has 0 saturated heterocycles. The summed E-state index contributed by atoms with van der Waals surface area (Å²) in [6, 6.07) is 67.5. The SMILES string of the molecule is Cn1c(-n2c3ccccc3c3ccc4c(c5ccccc5n4-c4ccccc4)c32)nc2nc(-c3ccccc3)c(-n3c4c(c5ccc6c(c7ccccc7n6-c6ccccc6)c53)=CC3CC3C=4)nc21. The molecule has 8 nitrogen and oxygen atoms in total. The zero-order chi connectivity index (χ0) is 45.1. The third-order valence-corrected chi connectivity index (χ3v) is 15.1. The summed E-state index contributed by atoms with van der Waals surface area (Å²) < 4.78 is 11.8. The molecule has 0 radical (unpaired) electrons. The van der Waals surface area contributed by atoms with Crippen LogP contribution in [0.25, 0.3) is 134 Å². The minimum Gasteiger partial charge on any atom is -0.309 e. The Morgan fingerprint density at radius 1 is 0.420 bits per heavy atom. The van der Waals surface area contributed by atoms with Crippen molar-refractivity contribution in [2.45, 2.75) is 6.42 Å². The molecule has 14 aromatic rings. The molecule has 1 fully saturated rings. The minimum atomic E-state index is 0.502. The summed E-state index contributed by atoms with van der Waals surface area (Å²) in [6.45, 7) is 0. The van der Waals surface area contributed by atoms with E-state index in [4.69, 9.17) is 15.0 Å². The zero-order valence-corrected chi connectivity index (χ0v) is 37.5. The van der Waals surface area contributed by atoms with Crippen LogP contribution in [0.3, 0.4) is 0 Å². The maximum Gasteiger partial charge on any atom is 0.218 e. The Balaban J connectivity index is 1.04. The molecule has 0 bridgehead atoms. The summed E-state index contributed by atoms with van der Waals surface area (Å²) in [6.07, 6.45) is 6.20. The first-order valence-electron chi connectivity index (χ1n) is 23.8. The molecule has 69 heavy (non-hydrogen) atoms. The molecule has 6 aromatic heterocycles. The smallest absolute Gasteiger partial charge is 0.218 e. The van der Waals surface area contributed by atoms with Gasteiger partial charge in [-0.05, 0) is 72.9 Å². The number of aromatic nitrogens is 8. The van der Waals surface area contributed by atoms with E-state index in [2.05, 4.69) is 230 Å².